The fourth-order valence-electron chi connectivity index (χ4n) is 2.52. The number of carbonyl (C=O) groups is 1. The fourth-order valence-corrected chi connectivity index (χ4v) is 2.52. The van der Waals surface area contributed by atoms with Crippen LogP contribution in [0.3, 0.4) is 0 Å². The largest absolute Gasteiger partial charge is 0.460 e. The lowest BCUT2D eigenvalue weighted by Gasteiger charge is -2.29. The van der Waals surface area contributed by atoms with E-state index in [2.05, 4.69) is 24.0 Å². The van der Waals surface area contributed by atoms with Crippen LogP contribution in [0.5, 0.6) is 0 Å². The van der Waals surface area contributed by atoms with Gasteiger partial charge in [0.1, 0.15) is 0 Å². The predicted molar refractivity (Wildman–Crippen MR) is 81.3 cm³/mol. The molecule has 3 heteroatoms. The number of esters is 1. The highest BCUT2D eigenvalue weighted by molar-refractivity contribution is 5.98. The molecule has 0 radical (unpaired) electrons. The smallest absolute Gasteiger partial charge is 0.335 e. The molecule has 0 fully saturated rings. The molecular formula is C17H23NO2. The van der Waals surface area contributed by atoms with E-state index in [9.17, 15) is 4.79 Å². The Morgan fingerprint density at radius 1 is 1.30 bits per heavy atom. The average Bonchev–Trinajstić information content (AvgIpc) is 2.46. The van der Waals surface area contributed by atoms with Crippen molar-refractivity contribution in [3.63, 3.8) is 0 Å². The summed E-state index contributed by atoms with van der Waals surface area (Å²) in [6, 6.07) is 10.2. The molecule has 0 N–H and O–H groups in total. The molecule has 2 rings (SSSR count). The SMILES string of the molecule is CCN1CCC(c2ccccc2)=C(C(=O)OC(C)C)C1. The molecule has 0 saturated carbocycles. The lowest BCUT2D eigenvalue weighted by molar-refractivity contribution is -0.142. The predicted octanol–water partition coefficient (Wildman–Crippen LogP) is 3.12. The molecule has 1 heterocycles. The van der Waals surface area contributed by atoms with E-state index < -0.39 is 0 Å². The molecule has 20 heavy (non-hydrogen) atoms. The van der Waals surface area contributed by atoms with Crippen LogP contribution in [0.4, 0.5) is 0 Å². The second-order valence-electron chi connectivity index (χ2n) is 5.40. The van der Waals surface area contributed by atoms with Crippen molar-refractivity contribution in [1.29, 1.82) is 0 Å². The Labute approximate surface area is 121 Å². The summed E-state index contributed by atoms with van der Waals surface area (Å²) in [4.78, 5) is 14.6. The summed E-state index contributed by atoms with van der Waals surface area (Å²) in [6.45, 7) is 8.55. The van der Waals surface area contributed by atoms with Crippen LogP contribution in [0, 0.1) is 0 Å². The number of nitrogens with zero attached hydrogens (tertiary/aromatic N) is 1. The lowest BCUT2D eigenvalue weighted by Crippen LogP contribution is -2.34. The summed E-state index contributed by atoms with van der Waals surface area (Å²) < 4.78 is 5.41. The van der Waals surface area contributed by atoms with Crippen molar-refractivity contribution in [3.8, 4) is 0 Å². The summed E-state index contributed by atoms with van der Waals surface area (Å²) in [6.07, 6.45) is 0.824. The molecule has 0 aromatic heterocycles. The molecule has 108 valence electrons. The number of likely N-dealkylation sites (N-methyl/N-ethyl adjacent to an activating group) is 1. The van der Waals surface area contributed by atoms with Crippen LogP contribution in [0.15, 0.2) is 35.9 Å². The lowest BCUT2D eigenvalue weighted by atomic mass is 9.93. The van der Waals surface area contributed by atoms with Crippen molar-refractivity contribution in [2.24, 2.45) is 0 Å². The summed E-state index contributed by atoms with van der Waals surface area (Å²) in [5.74, 6) is -0.169. The second-order valence-corrected chi connectivity index (χ2v) is 5.40. The molecule has 0 unspecified atom stereocenters. The first-order valence-electron chi connectivity index (χ1n) is 7.32. The molecule has 1 aromatic carbocycles. The third-order valence-electron chi connectivity index (χ3n) is 3.58. The van der Waals surface area contributed by atoms with Crippen molar-refractivity contribution in [1.82, 2.24) is 4.90 Å². The number of rotatable bonds is 4. The minimum Gasteiger partial charge on any atom is -0.460 e. The average molecular weight is 273 g/mol. The number of hydrogen-bond donors (Lipinski definition) is 0. The topological polar surface area (TPSA) is 29.5 Å². The Bertz CT molecular complexity index is 491. The van der Waals surface area contributed by atoms with Crippen molar-refractivity contribution < 1.29 is 9.53 Å². The molecule has 0 amide bonds. The quantitative estimate of drug-likeness (QED) is 0.789. The van der Waals surface area contributed by atoms with E-state index in [1.165, 1.54) is 0 Å². The standard InChI is InChI=1S/C17H23NO2/c1-4-18-11-10-15(14-8-6-5-7-9-14)16(12-18)17(19)20-13(2)3/h5-9,13H,4,10-12H2,1-3H3. The number of ether oxygens (including phenoxy) is 1. The zero-order chi connectivity index (χ0) is 14.5. The Balaban J connectivity index is 2.34. The highest BCUT2D eigenvalue weighted by atomic mass is 16.5. The maximum absolute atomic E-state index is 12.3. The van der Waals surface area contributed by atoms with Crippen molar-refractivity contribution in [3.05, 3.63) is 41.5 Å². The van der Waals surface area contributed by atoms with E-state index in [1.807, 2.05) is 32.0 Å². The monoisotopic (exact) mass is 273 g/mol. The number of hydrogen-bond acceptors (Lipinski definition) is 3. The van der Waals surface area contributed by atoms with E-state index in [0.717, 1.165) is 36.2 Å². The molecule has 0 saturated heterocycles. The van der Waals surface area contributed by atoms with Crippen LogP contribution < -0.4 is 0 Å². The Hall–Kier alpha value is -1.61. The van der Waals surface area contributed by atoms with Gasteiger partial charge >= 0.3 is 5.97 Å². The second kappa shape index (κ2) is 6.71. The Morgan fingerprint density at radius 3 is 2.60 bits per heavy atom. The zero-order valence-corrected chi connectivity index (χ0v) is 12.6. The van der Waals surface area contributed by atoms with E-state index in [4.69, 9.17) is 4.74 Å². The molecule has 0 aliphatic carbocycles. The Kier molecular flexibility index (Phi) is 4.96. The first-order chi connectivity index (χ1) is 9.61. The summed E-state index contributed by atoms with van der Waals surface area (Å²) in [5.41, 5.74) is 3.10. The van der Waals surface area contributed by atoms with Crippen LogP contribution in [-0.2, 0) is 9.53 Å². The van der Waals surface area contributed by atoms with Gasteiger partial charge in [-0.15, -0.1) is 0 Å². The highest BCUT2D eigenvalue weighted by Crippen LogP contribution is 2.28. The third-order valence-corrected chi connectivity index (χ3v) is 3.58. The van der Waals surface area contributed by atoms with Crippen LogP contribution >= 0.6 is 0 Å². The van der Waals surface area contributed by atoms with Gasteiger partial charge in [0.05, 0.1) is 11.7 Å². The summed E-state index contributed by atoms with van der Waals surface area (Å²) >= 11 is 0. The fraction of sp³-hybridized carbons (Fsp3) is 0.471. The summed E-state index contributed by atoms with van der Waals surface area (Å²) in [5, 5.41) is 0. The van der Waals surface area contributed by atoms with E-state index in [1.54, 1.807) is 0 Å². The first kappa shape index (κ1) is 14.8. The van der Waals surface area contributed by atoms with E-state index in [0.29, 0.717) is 6.54 Å². The maximum Gasteiger partial charge on any atom is 0.335 e. The van der Waals surface area contributed by atoms with Crippen LogP contribution in [0.2, 0.25) is 0 Å². The van der Waals surface area contributed by atoms with Crippen molar-refractivity contribution in [2.45, 2.75) is 33.3 Å². The van der Waals surface area contributed by atoms with E-state index in [-0.39, 0.29) is 12.1 Å². The molecule has 1 aliphatic heterocycles. The molecule has 0 spiro atoms. The van der Waals surface area contributed by atoms with Gasteiger partial charge in [-0.25, -0.2) is 4.79 Å². The van der Waals surface area contributed by atoms with Gasteiger partial charge in [-0.3, -0.25) is 4.90 Å². The minimum atomic E-state index is -0.169. The third kappa shape index (κ3) is 3.48. The van der Waals surface area contributed by atoms with Crippen LogP contribution in [-0.4, -0.2) is 36.6 Å². The van der Waals surface area contributed by atoms with Gasteiger partial charge < -0.3 is 4.74 Å². The Morgan fingerprint density at radius 2 is 2.00 bits per heavy atom. The molecule has 1 aromatic rings. The summed E-state index contributed by atoms with van der Waals surface area (Å²) in [7, 11) is 0. The van der Waals surface area contributed by atoms with Gasteiger partial charge in [0.15, 0.2) is 0 Å². The van der Waals surface area contributed by atoms with Gasteiger partial charge in [-0.1, -0.05) is 37.3 Å². The molecule has 0 atom stereocenters. The minimum absolute atomic E-state index is 0.0796. The van der Waals surface area contributed by atoms with E-state index >= 15 is 0 Å². The normalized spacial score (nSPS) is 16.6. The van der Waals surface area contributed by atoms with Gasteiger partial charge in [0.25, 0.3) is 0 Å². The molecule has 1 aliphatic rings. The molecule has 0 bridgehead atoms. The molecule has 3 nitrogen and oxygen atoms in total. The molecular weight excluding hydrogens is 250 g/mol. The first-order valence-corrected chi connectivity index (χ1v) is 7.32. The number of benzene rings is 1. The van der Waals surface area contributed by atoms with Gasteiger partial charge in [0, 0.05) is 13.1 Å². The maximum atomic E-state index is 12.3. The van der Waals surface area contributed by atoms with Crippen molar-refractivity contribution in [2.75, 3.05) is 19.6 Å². The van der Waals surface area contributed by atoms with Gasteiger partial charge in [0.2, 0.25) is 0 Å². The van der Waals surface area contributed by atoms with Gasteiger partial charge in [-0.05, 0) is 37.9 Å². The van der Waals surface area contributed by atoms with Crippen LogP contribution in [0.25, 0.3) is 5.57 Å². The van der Waals surface area contributed by atoms with Crippen molar-refractivity contribution >= 4 is 11.5 Å². The highest BCUT2D eigenvalue weighted by Gasteiger charge is 2.25. The van der Waals surface area contributed by atoms with Gasteiger partial charge in [-0.2, -0.15) is 0 Å². The number of carbonyl (C=O) groups excluding carboxylic acids is 1. The van der Waals surface area contributed by atoms with Crippen LogP contribution in [0.1, 0.15) is 32.8 Å². The zero-order valence-electron chi connectivity index (χ0n) is 12.6.